The van der Waals surface area contributed by atoms with Crippen LogP contribution in [0.4, 0.5) is 9.59 Å². The summed E-state index contributed by atoms with van der Waals surface area (Å²) in [6.07, 6.45) is 2.77. The van der Waals surface area contributed by atoms with Crippen LogP contribution in [-0.2, 0) is 42.6 Å². The second-order valence-corrected chi connectivity index (χ2v) is 25.6. The molecule has 78 heavy (non-hydrogen) atoms. The number of nitrogens with one attached hydrogen (secondary N) is 6. The van der Waals surface area contributed by atoms with E-state index in [0.29, 0.717) is 115 Å². The first-order chi connectivity index (χ1) is 37.4. The number of benzene rings is 4. The van der Waals surface area contributed by atoms with E-state index in [1.165, 1.54) is 11.1 Å². The Hall–Kier alpha value is -4.42. The average molecular weight is 1150 g/mol. The molecule has 4 amide bonds. The van der Waals surface area contributed by atoms with Crippen LogP contribution < -0.4 is 30.7 Å². The van der Waals surface area contributed by atoms with Gasteiger partial charge in [-0.1, -0.05) is 47.5 Å². The first kappa shape index (κ1) is 59.7. The Bertz CT molecular complexity index is 2740. The second kappa shape index (κ2) is 27.8. The lowest BCUT2D eigenvalue weighted by Crippen LogP contribution is -2.39. The molecule has 0 spiro atoms. The number of unbranched alkanes of at least 4 members (excludes halogenated alkanes) is 1. The van der Waals surface area contributed by atoms with E-state index in [9.17, 15) is 26.4 Å². The Morgan fingerprint density at radius 1 is 0.564 bits per heavy atom. The van der Waals surface area contributed by atoms with Gasteiger partial charge in [-0.05, 0) is 160 Å². The minimum absolute atomic E-state index is 0.00932. The van der Waals surface area contributed by atoms with Crippen molar-refractivity contribution in [3.8, 4) is 0 Å². The lowest BCUT2D eigenvalue weighted by atomic mass is 9.83. The van der Waals surface area contributed by atoms with Gasteiger partial charge in [0.1, 0.15) is 0 Å². The molecule has 22 heteroatoms. The van der Waals surface area contributed by atoms with Gasteiger partial charge >= 0.3 is 12.1 Å². The van der Waals surface area contributed by atoms with E-state index in [1.807, 2.05) is 48.5 Å². The average Bonchev–Trinajstić information content (AvgIpc) is 4.05. The van der Waals surface area contributed by atoms with Gasteiger partial charge in [0.05, 0.1) is 36.2 Å². The number of hydrogen-bond acceptors (Lipinski definition) is 12. The Balaban J connectivity index is 0.610. The number of amides is 4. The summed E-state index contributed by atoms with van der Waals surface area (Å²) >= 11 is 12.9. The van der Waals surface area contributed by atoms with Crippen LogP contribution in [0.15, 0.2) is 82.6 Å². The number of halogens is 2. The predicted molar refractivity (Wildman–Crippen MR) is 306 cm³/mol. The molecular weight excluding hydrogens is 1080 g/mol. The van der Waals surface area contributed by atoms with Crippen LogP contribution in [0.2, 0.25) is 10.0 Å². The van der Waals surface area contributed by atoms with Crippen LogP contribution >= 0.6 is 23.2 Å². The van der Waals surface area contributed by atoms with E-state index >= 15 is 0 Å². The fourth-order valence-corrected chi connectivity index (χ4v) is 14.4. The molecule has 18 nitrogen and oxygen atoms in total. The van der Waals surface area contributed by atoms with Crippen molar-refractivity contribution in [2.75, 3.05) is 119 Å². The minimum atomic E-state index is -3.75. The standard InChI is InChI=1S/C56H78Cl2N10O8S2/c1-39-27-43(57)31-49-51(39)35-65(3)37-53(49)41-9-7-11-47(29-41)77(71,72)63-45-13-19-67(33-45)21-25-75-23-17-61-55(69)59-15-5-6-16-60-56(70)62-18-24-76-26-22-68-20-14-46(34-68)64-78(73,74)48-12-8-10-42(30-48)54-38-66(4)36-52-40(2)28-44(58)32-50(52)54/h7-12,27-32,45-46,53-54,63-64H,5-6,13-26,33-38H2,1-4H3,(H2,59,61,69)(H2,60,62,70)/t45-,46-,53?,54?/m0/s1. The number of likely N-dealkylation sites (tertiary alicyclic amines) is 2. The third kappa shape index (κ3) is 16.6. The molecule has 0 bridgehead atoms. The summed E-state index contributed by atoms with van der Waals surface area (Å²) in [5, 5.41) is 12.6. The highest BCUT2D eigenvalue weighted by atomic mass is 35.5. The third-order valence-electron chi connectivity index (χ3n) is 15.2. The number of carbonyl (C=O) groups excluding carboxylic acids is 2. The van der Waals surface area contributed by atoms with Crippen LogP contribution in [0.3, 0.4) is 0 Å². The highest BCUT2D eigenvalue weighted by Crippen LogP contribution is 2.39. The molecule has 4 aliphatic heterocycles. The summed E-state index contributed by atoms with van der Waals surface area (Å²) in [7, 11) is -3.33. The zero-order chi connectivity index (χ0) is 55.4. The van der Waals surface area contributed by atoms with Crippen LogP contribution in [0.25, 0.3) is 0 Å². The largest absolute Gasteiger partial charge is 0.378 e. The normalized spacial score (nSPS) is 20.3. The molecule has 4 aromatic carbocycles. The SMILES string of the molecule is Cc1cc(Cl)cc2c1CN(C)CC2c1cccc(S(=O)(=O)N[C@H]2CCN(CCOCCNC(=O)NCCCCNC(=O)NCCOCCN3CC[C@H](NS(=O)(=O)c4cccc(C5CN(C)Cc6c(C)cc(Cl)cc65)c4)C3)C2)c1. The molecule has 4 aliphatic rings. The molecular formula is C56H78Cl2N10O8S2. The van der Waals surface area contributed by atoms with E-state index in [0.717, 1.165) is 72.6 Å². The van der Waals surface area contributed by atoms with Crippen molar-refractivity contribution in [2.24, 2.45) is 0 Å². The minimum Gasteiger partial charge on any atom is -0.378 e. The monoisotopic (exact) mass is 1150 g/mol. The van der Waals surface area contributed by atoms with Crippen molar-refractivity contribution in [1.29, 1.82) is 0 Å². The summed E-state index contributed by atoms with van der Waals surface area (Å²) in [6, 6.07) is 21.5. The second-order valence-electron chi connectivity index (χ2n) is 21.3. The maximum absolute atomic E-state index is 13.6. The Labute approximate surface area is 471 Å². The van der Waals surface area contributed by atoms with Crippen molar-refractivity contribution >= 4 is 55.3 Å². The number of rotatable bonds is 25. The molecule has 4 heterocycles. The maximum atomic E-state index is 13.6. The van der Waals surface area contributed by atoms with Gasteiger partial charge in [0.25, 0.3) is 0 Å². The maximum Gasteiger partial charge on any atom is 0.314 e. The number of likely N-dealkylation sites (N-methyl/N-ethyl adjacent to an activating group) is 2. The quantitative estimate of drug-likeness (QED) is 0.0450. The molecule has 0 radical (unpaired) electrons. The van der Waals surface area contributed by atoms with E-state index < -0.39 is 20.0 Å². The lowest BCUT2D eigenvalue weighted by molar-refractivity contribution is 0.113. The molecule has 0 saturated carbocycles. The van der Waals surface area contributed by atoms with Crippen molar-refractivity contribution in [3.63, 3.8) is 0 Å². The summed E-state index contributed by atoms with van der Waals surface area (Å²) < 4.78 is 71.8. The van der Waals surface area contributed by atoms with E-state index in [1.54, 1.807) is 24.3 Å². The van der Waals surface area contributed by atoms with Crippen molar-refractivity contribution in [2.45, 2.75) is 86.3 Å². The number of sulfonamides is 2. The van der Waals surface area contributed by atoms with Crippen LogP contribution in [0.1, 0.15) is 82.0 Å². The molecule has 0 aromatic heterocycles. The molecule has 2 fully saturated rings. The van der Waals surface area contributed by atoms with Gasteiger partial charge < -0.3 is 40.5 Å². The molecule has 8 rings (SSSR count). The Kier molecular flexibility index (Phi) is 21.3. The third-order valence-corrected chi connectivity index (χ3v) is 18.7. The Morgan fingerprint density at radius 2 is 0.974 bits per heavy atom. The van der Waals surface area contributed by atoms with E-state index in [-0.39, 0.29) is 45.8 Å². The first-order valence-corrected chi connectivity index (χ1v) is 31.0. The molecule has 2 saturated heterocycles. The summed E-state index contributed by atoms with van der Waals surface area (Å²) in [5.74, 6) is 0.0186. The summed E-state index contributed by atoms with van der Waals surface area (Å²) in [6.45, 7) is 14.5. The van der Waals surface area contributed by atoms with Crippen LogP contribution in [-0.4, -0.2) is 180 Å². The van der Waals surface area contributed by atoms with Gasteiger partial charge in [-0.15, -0.1) is 0 Å². The zero-order valence-electron chi connectivity index (χ0n) is 45.4. The van der Waals surface area contributed by atoms with E-state index in [2.05, 4.69) is 78.3 Å². The van der Waals surface area contributed by atoms with Crippen LogP contribution in [0, 0.1) is 13.8 Å². The summed E-state index contributed by atoms with van der Waals surface area (Å²) in [4.78, 5) is 33.9. The fourth-order valence-electron chi connectivity index (χ4n) is 11.2. The molecule has 0 aliphatic carbocycles. The predicted octanol–water partition coefficient (Wildman–Crippen LogP) is 5.58. The number of aryl methyl sites for hydroxylation is 2. The topological polar surface area (TPSA) is 206 Å². The molecule has 4 atom stereocenters. The van der Waals surface area contributed by atoms with Gasteiger partial charge in [-0.25, -0.2) is 35.9 Å². The molecule has 426 valence electrons. The van der Waals surface area contributed by atoms with Crippen molar-refractivity contribution in [1.82, 2.24) is 50.3 Å². The lowest BCUT2D eigenvalue weighted by Gasteiger charge is -2.34. The smallest absolute Gasteiger partial charge is 0.314 e. The van der Waals surface area contributed by atoms with Crippen LogP contribution in [0.5, 0.6) is 0 Å². The summed E-state index contributed by atoms with van der Waals surface area (Å²) in [5.41, 5.74) is 8.96. The number of fused-ring (bicyclic) bond motifs is 2. The Morgan fingerprint density at radius 3 is 1.40 bits per heavy atom. The highest BCUT2D eigenvalue weighted by molar-refractivity contribution is 7.89. The van der Waals surface area contributed by atoms with Gasteiger partial charge in [-0.3, -0.25) is 9.80 Å². The number of carbonyl (C=O) groups is 2. The molecule has 2 unspecified atom stereocenters. The zero-order valence-corrected chi connectivity index (χ0v) is 48.6. The highest BCUT2D eigenvalue weighted by Gasteiger charge is 2.32. The van der Waals surface area contributed by atoms with Crippen molar-refractivity contribution in [3.05, 3.63) is 127 Å². The molecule has 6 N–H and O–H groups in total. The van der Waals surface area contributed by atoms with Gasteiger partial charge in [0.15, 0.2) is 0 Å². The van der Waals surface area contributed by atoms with Gasteiger partial charge in [0.2, 0.25) is 20.0 Å². The van der Waals surface area contributed by atoms with E-state index in [4.69, 9.17) is 32.7 Å². The molecule has 4 aromatic rings. The number of ether oxygens (including phenoxy) is 2. The van der Waals surface area contributed by atoms with Gasteiger partial charge in [-0.2, -0.15) is 0 Å². The number of nitrogens with zero attached hydrogens (tertiary/aromatic N) is 4. The first-order valence-electron chi connectivity index (χ1n) is 27.2. The number of hydrogen-bond donors (Lipinski definition) is 6. The fraction of sp³-hybridized carbons (Fsp3) is 0.536. The van der Waals surface area contributed by atoms with Crippen molar-refractivity contribution < 1.29 is 35.9 Å². The number of urea groups is 2. The van der Waals surface area contributed by atoms with Gasteiger partial charge in [0, 0.05) is 113 Å².